The Labute approximate surface area is 209 Å². The van der Waals surface area contributed by atoms with Crippen molar-refractivity contribution in [1.29, 1.82) is 0 Å². The van der Waals surface area contributed by atoms with Crippen molar-refractivity contribution < 1.29 is 4.79 Å². The number of hydrogen-bond acceptors (Lipinski definition) is 5. The summed E-state index contributed by atoms with van der Waals surface area (Å²) in [6.45, 7) is 11.8. The van der Waals surface area contributed by atoms with Gasteiger partial charge in [0.25, 0.3) is 0 Å². The molecular formula is C28H40N6O. The second kappa shape index (κ2) is 11.6. The van der Waals surface area contributed by atoms with Gasteiger partial charge in [-0.25, -0.2) is 14.6 Å². The Morgan fingerprint density at radius 2 is 1.71 bits per heavy atom. The molecule has 0 unspecified atom stereocenters. The molecule has 1 saturated heterocycles. The molecule has 2 aromatic heterocycles. The van der Waals surface area contributed by atoms with Gasteiger partial charge in [0, 0.05) is 38.0 Å². The summed E-state index contributed by atoms with van der Waals surface area (Å²) >= 11 is 0. The molecule has 35 heavy (non-hydrogen) atoms. The Hall–Kier alpha value is -2.96. The molecule has 7 heteroatoms. The first kappa shape index (κ1) is 25.1. The molecule has 0 bridgehead atoms. The molecular weight excluding hydrogens is 436 g/mol. The number of rotatable bonds is 10. The van der Waals surface area contributed by atoms with Gasteiger partial charge in [-0.2, -0.15) is 5.10 Å². The van der Waals surface area contributed by atoms with E-state index < -0.39 is 0 Å². The third-order valence-corrected chi connectivity index (χ3v) is 7.23. The van der Waals surface area contributed by atoms with Gasteiger partial charge >= 0.3 is 0 Å². The van der Waals surface area contributed by atoms with Gasteiger partial charge in [0.15, 0.2) is 5.65 Å². The van der Waals surface area contributed by atoms with Crippen LogP contribution in [0.2, 0.25) is 0 Å². The summed E-state index contributed by atoms with van der Waals surface area (Å²) in [5.41, 5.74) is 1.85. The molecule has 1 fully saturated rings. The molecule has 1 aliphatic rings. The topological polar surface area (TPSA) is 67.2 Å². The molecule has 188 valence electrons. The highest BCUT2D eigenvalue weighted by Gasteiger charge is 2.28. The van der Waals surface area contributed by atoms with Crippen molar-refractivity contribution >= 4 is 22.8 Å². The van der Waals surface area contributed by atoms with Gasteiger partial charge in [0.1, 0.15) is 11.6 Å². The molecule has 7 nitrogen and oxygen atoms in total. The zero-order valence-electron chi connectivity index (χ0n) is 21.8. The number of carbonyl (C=O) groups is 1. The fourth-order valence-electron chi connectivity index (χ4n) is 5.04. The Balaban J connectivity index is 1.61. The molecule has 1 aliphatic heterocycles. The predicted octanol–water partition coefficient (Wildman–Crippen LogP) is 5.58. The van der Waals surface area contributed by atoms with Crippen molar-refractivity contribution in [2.24, 2.45) is 5.92 Å². The Bertz CT molecular complexity index is 1100. The van der Waals surface area contributed by atoms with Crippen LogP contribution in [-0.4, -0.2) is 56.7 Å². The first-order valence-corrected chi connectivity index (χ1v) is 13.4. The van der Waals surface area contributed by atoms with Crippen molar-refractivity contribution in [2.75, 3.05) is 31.1 Å². The largest absolute Gasteiger partial charge is 0.352 e. The van der Waals surface area contributed by atoms with E-state index in [1.54, 1.807) is 0 Å². The van der Waals surface area contributed by atoms with Crippen LogP contribution in [0.25, 0.3) is 16.7 Å². The number of piperazine rings is 1. The highest BCUT2D eigenvalue weighted by atomic mass is 16.2. The van der Waals surface area contributed by atoms with Crippen LogP contribution < -0.4 is 4.90 Å². The maximum absolute atomic E-state index is 13.1. The third-order valence-electron chi connectivity index (χ3n) is 7.23. The van der Waals surface area contributed by atoms with E-state index in [1.165, 1.54) is 0 Å². The minimum atomic E-state index is 0.151. The number of fused-ring (bicyclic) bond motifs is 1. The van der Waals surface area contributed by atoms with Crippen molar-refractivity contribution in [1.82, 2.24) is 24.6 Å². The number of hydrogen-bond donors (Lipinski definition) is 0. The number of carbonyl (C=O) groups excluding carboxylic acids is 1. The van der Waals surface area contributed by atoms with E-state index in [0.29, 0.717) is 5.91 Å². The second-order valence-electron chi connectivity index (χ2n) is 9.78. The number of benzene rings is 1. The fraction of sp³-hybridized carbons (Fsp3) is 0.571. The Kier molecular flexibility index (Phi) is 8.37. The molecule has 0 spiro atoms. The number of nitrogens with zero attached hydrogens (tertiary/aromatic N) is 6. The van der Waals surface area contributed by atoms with Gasteiger partial charge in [0.2, 0.25) is 5.91 Å². The predicted molar refractivity (Wildman–Crippen MR) is 142 cm³/mol. The monoisotopic (exact) mass is 476 g/mol. The molecule has 1 amide bonds. The smallest absolute Gasteiger partial charge is 0.225 e. The average molecular weight is 477 g/mol. The summed E-state index contributed by atoms with van der Waals surface area (Å²) in [4.78, 5) is 27.6. The highest BCUT2D eigenvalue weighted by molar-refractivity contribution is 5.88. The first-order chi connectivity index (χ1) is 17.1. The molecule has 2 atom stereocenters. The summed E-state index contributed by atoms with van der Waals surface area (Å²) in [5.74, 6) is 2.56. The lowest BCUT2D eigenvalue weighted by atomic mass is 9.97. The van der Waals surface area contributed by atoms with Crippen molar-refractivity contribution in [3.8, 4) is 5.69 Å². The van der Waals surface area contributed by atoms with E-state index in [2.05, 4.69) is 49.6 Å². The molecule has 3 heterocycles. The minimum Gasteiger partial charge on any atom is -0.352 e. The lowest BCUT2D eigenvalue weighted by Crippen LogP contribution is -2.50. The summed E-state index contributed by atoms with van der Waals surface area (Å²) in [7, 11) is 0. The van der Waals surface area contributed by atoms with Gasteiger partial charge in [-0.05, 0) is 31.4 Å². The van der Waals surface area contributed by atoms with E-state index in [1.807, 2.05) is 29.1 Å². The number of para-hydroxylation sites is 1. The van der Waals surface area contributed by atoms with Crippen molar-refractivity contribution in [3.63, 3.8) is 0 Å². The maximum Gasteiger partial charge on any atom is 0.225 e. The van der Waals surface area contributed by atoms with Gasteiger partial charge in [0.05, 0.1) is 17.3 Å². The summed E-state index contributed by atoms with van der Waals surface area (Å²) < 4.78 is 1.92. The van der Waals surface area contributed by atoms with Gasteiger partial charge < -0.3 is 9.80 Å². The van der Waals surface area contributed by atoms with Crippen LogP contribution in [0.3, 0.4) is 0 Å². The molecule has 0 saturated carbocycles. The number of aromatic nitrogens is 4. The van der Waals surface area contributed by atoms with E-state index in [4.69, 9.17) is 15.1 Å². The third kappa shape index (κ3) is 5.49. The van der Waals surface area contributed by atoms with E-state index in [9.17, 15) is 4.79 Å². The van der Waals surface area contributed by atoms with Crippen molar-refractivity contribution in [2.45, 2.75) is 72.1 Å². The molecule has 3 aromatic rings. The summed E-state index contributed by atoms with van der Waals surface area (Å²) in [6.07, 6.45) is 8.19. The normalized spacial score (nSPS) is 16.0. The average Bonchev–Trinajstić information content (AvgIpc) is 3.33. The Morgan fingerprint density at radius 3 is 2.37 bits per heavy atom. The number of anilines is 1. The lowest BCUT2D eigenvalue weighted by molar-refractivity contribution is -0.136. The molecule has 0 N–H and O–H groups in total. The van der Waals surface area contributed by atoms with Crippen LogP contribution in [0.5, 0.6) is 0 Å². The summed E-state index contributed by atoms with van der Waals surface area (Å²) in [6, 6.07) is 10.2. The van der Waals surface area contributed by atoms with Gasteiger partial charge in [-0.3, -0.25) is 4.79 Å². The Morgan fingerprint density at radius 1 is 0.971 bits per heavy atom. The van der Waals surface area contributed by atoms with Crippen LogP contribution in [-0.2, 0) is 4.79 Å². The number of amides is 1. The van der Waals surface area contributed by atoms with Gasteiger partial charge in [-0.15, -0.1) is 0 Å². The van der Waals surface area contributed by atoms with Crippen LogP contribution in [0.4, 0.5) is 5.82 Å². The molecule has 0 aliphatic carbocycles. The standard InChI is InChI=1S/C28H40N6O/c1-5-8-13-22(7-3)28(35)33-18-16-32(17-19-33)26-24-20-29-34(23-14-10-9-11-15-23)27(24)31-25(30-26)21(4)12-6-2/h9-11,14-15,20-22H,5-8,12-13,16-19H2,1-4H3/t21-,22-/m0/s1. The van der Waals surface area contributed by atoms with Crippen LogP contribution in [0.15, 0.2) is 36.5 Å². The van der Waals surface area contributed by atoms with Crippen LogP contribution in [0, 0.1) is 5.92 Å². The van der Waals surface area contributed by atoms with Crippen molar-refractivity contribution in [3.05, 3.63) is 42.4 Å². The maximum atomic E-state index is 13.1. The SMILES string of the molecule is CCCC[C@H](CC)C(=O)N1CCN(c2nc([C@@H](C)CCC)nc3c2cnn3-c2ccccc2)CC1. The molecule has 4 rings (SSSR count). The van der Waals surface area contributed by atoms with E-state index in [-0.39, 0.29) is 11.8 Å². The fourth-order valence-corrected chi connectivity index (χ4v) is 5.04. The summed E-state index contributed by atoms with van der Waals surface area (Å²) in [5, 5.41) is 5.66. The second-order valence-corrected chi connectivity index (χ2v) is 9.78. The van der Waals surface area contributed by atoms with Crippen LogP contribution in [0.1, 0.15) is 78.0 Å². The number of unbranched alkanes of at least 4 members (excludes halogenated alkanes) is 1. The van der Waals surface area contributed by atoms with E-state index in [0.717, 1.165) is 93.1 Å². The quantitative estimate of drug-likeness (QED) is 0.382. The zero-order valence-corrected chi connectivity index (χ0v) is 21.8. The lowest BCUT2D eigenvalue weighted by Gasteiger charge is -2.37. The first-order valence-electron chi connectivity index (χ1n) is 13.4. The minimum absolute atomic E-state index is 0.151. The van der Waals surface area contributed by atoms with Crippen LogP contribution >= 0.6 is 0 Å². The molecule has 1 aromatic carbocycles. The zero-order chi connectivity index (χ0) is 24.8. The highest BCUT2D eigenvalue weighted by Crippen LogP contribution is 2.30. The van der Waals surface area contributed by atoms with Gasteiger partial charge in [-0.1, -0.05) is 65.2 Å². The molecule has 0 radical (unpaired) electrons. The van der Waals surface area contributed by atoms with E-state index >= 15 is 0 Å².